The molecule has 0 fully saturated rings. The van der Waals surface area contributed by atoms with Crippen molar-refractivity contribution < 1.29 is 4.74 Å². The van der Waals surface area contributed by atoms with Crippen LogP contribution in [0.3, 0.4) is 0 Å². The molecule has 0 bridgehead atoms. The number of aromatic nitrogens is 1. The van der Waals surface area contributed by atoms with E-state index < -0.39 is 0 Å². The van der Waals surface area contributed by atoms with Gasteiger partial charge in [0.25, 0.3) is 0 Å². The van der Waals surface area contributed by atoms with E-state index in [1.165, 1.54) is 0 Å². The van der Waals surface area contributed by atoms with Gasteiger partial charge in [-0.3, -0.25) is 0 Å². The van der Waals surface area contributed by atoms with Crippen molar-refractivity contribution in [3.63, 3.8) is 0 Å². The number of hydrogen-bond donors (Lipinski definition) is 0. The first-order valence-corrected chi connectivity index (χ1v) is 6.09. The molecule has 0 amide bonds. The van der Waals surface area contributed by atoms with Crippen LogP contribution >= 0.6 is 11.6 Å². The summed E-state index contributed by atoms with van der Waals surface area (Å²) < 4.78 is 5.27. The molecule has 0 aliphatic carbocycles. The van der Waals surface area contributed by atoms with E-state index in [-0.39, 0.29) is 0 Å². The molecule has 0 spiro atoms. The Hall–Kier alpha value is -0.960. The first-order chi connectivity index (χ1) is 7.79. The molecule has 0 saturated heterocycles. The Bertz CT molecular complexity index is 307. The van der Waals surface area contributed by atoms with Crippen molar-refractivity contribution in [2.24, 2.45) is 0 Å². The maximum atomic E-state index is 5.64. The average molecular weight is 243 g/mol. The Morgan fingerprint density at radius 2 is 2.19 bits per heavy atom. The highest BCUT2D eigenvalue weighted by Crippen LogP contribution is 2.23. The van der Waals surface area contributed by atoms with Crippen molar-refractivity contribution >= 4 is 17.4 Å². The van der Waals surface area contributed by atoms with Gasteiger partial charge in [0.15, 0.2) is 11.6 Å². The molecule has 16 heavy (non-hydrogen) atoms. The second-order valence-corrected chi connectivity index (χ2v) is 4.08. The second kappa shape index (κ2) is 7.34. The van der Waals surface area contributed by atoms with E-state index in [0.29, 0.717) is 0 Å². The Kier molecular flexibility index (Phi) is 6.01. The highest BCUT2D eigenvalue weighted by atomic mass is 35.5. The third-order valence-electron chi connectivity index (χ3n) is 2.46. The van der Waals surface area contributed by atoms with Gasteiger partial charge in [0.05, 0.1) is 7.11 Å². The maximum Gasteiger partial charge on any atom is 0.171 e. The van der Waals surface area contributed by atoms with Crippen LogP contribution in [0.1, 0.15) is 19.3 Å². The summed E-state index contributed by atoms with van der Waals surface area (Å²) in [5.41, 5.74) is 0. The van der Waals surface area contributed by atoms with Crippen molar-refractivity contribution in [2.75, 3.05) is 31.5 Å². The molecule has 0 aliphatic heterocycles. The van der Waals surface area contributed by atoms with E-state index in [4.69, 9.17) is 16.3 Å². The summed E-state index contributed by atoms with van der Waals surface area (Å²) in [4.78, 5) is 6.44. The van der Waals surface area contributed by atoms with E-state index in [2.05, 4.69) is 9.88 Å². The lowest BCUT2D eigenvalue weighted by Crippen LogP contribution is -2.20. The van der Waals surface area contributed by atoms with Crippen LogP contribution in [0.5, 0.6) is 5.75 Å². The van der Waals surface area contributed by atoms with E-state index >= 15 is 0 Å². The van der Waals surface area contributed by atoms with Crippen LogP contribution in [-0.4, -0.2) is 31.6 Å². The minimum atomic E-state index is 0.747. The zero-order valence-electron chi connectivity index (χ0n) is 9.95. The Balaban J connectivity index is 2.48. The minimum absolute atomic E-state index is 0.747. The second-order valence-electron chi connectivity index (χ2n) is 3.70. The molecule has 0 unspecified atom stereocenters. The summed E-state index contributed by atoms with van der Waals surface area (Å²) in [6.45, 7) is 0.976. The standard InChI is InChI=1S/C12H19ClN2O/c1-15(10-5-3-4-8-13)12-11(16-2)7-6-9-14-12/h6-7,9H,3-5,8,10H2,1-2H3. The summed E-state index contributed by atoms with van der Waals surface area (Å²) in [6, 6.07) is 3.81. The first kappa shape index (κ1) is 13.1. The number of hydrogen-bond acceptors (Lipinski definition) is 3. The lowest BCUT2D eigenvalue weighted by Gasteiger charge is -2.19. The molecule has 0 aromatic carbocycles. The quantitative estimate of drug-likeness (QED) is 0.543. The van der Waals surface area contributed by atoms with Crippen LogP contribution in [0, 0.1) is 0 Å². The van der Waals surface area contributed by atoms with Crippen molar-refractivity contribution in [3.8, 4) is 5.75 Å². The van der Waals surface area contributed by atoms with Gasteiger partial charge in [-0.05, 0) is 25.0 Å². The third-order valence-corrected chi connectivity index (χ3v) is 2.73. The van der Waals surface area contributed by atoms with Crippen molar-refractivity contribution in [1.29, 1.82) is 0 Å². The lowest BCUT2D eigenvalue weighted by atomic mass is 10.2. The molecule has 1 heterocycles. The third kappa shape index (κ3) is 3.89. The SMILES string of the molecule is COc1cccnc1N(C)CCCCCCl. The average Bonchev–Trinajstić information content (AvgIpc) is 2.34. The molecule has 0 aliphatic rings. The molecule has 1 aromatic rings. The van der Waals surface area contributed by atoms with Gasteiger partial charge in [-0.25, -0.2) is 4.98 Å². The zero-order chi connectivity index (χ0) is 11.8. The topological polar surface area (TPSA) is 25.4 Å². The van der Waals surface area contributed by atoms with Crippen LogP contribution < -0.4 is 9.64 Å². The van der Waals surface area contributed by atoms with Gasteiger partial charge in [-0.15, -0.1) is 11.6 Å². The van der Waals surface area contributed by atoms with Crippen LogP contribution in [0.2, 0.25) is 0 Å². The summed E-state index contributed by atoms with van der Waals surface area (Å²) in [5, 5.41) is 0. The maximum absolute atomic E-state index is 5.64. The van der Waals surface area contributed by atoms with Gasteiger partial charge in [-0.2, -0.15) is 0 Å². The number of unbranched alkanes of at least 4 members (excludes halogenated alkanes) is 2. The summed E-state index contributed by atoms with van der Waals surface area (Å²) in [5.74, 6) is 2.47. The number of rotatable bonds is 7. The van der Waals surface area contributed by atoms with Gasteiger partial charge in [0.2, 0.25) is 0 Å². The van der Waals surface area contributed by atoms with Crippen LogP contribution in [0.15, 0.2) is 18.3 Å². The number of methoxy groups -OCH3 is 1. The molecule has 3 nitrogen and oxygen atoms in total. The smallest absolute Gasteiger partial charge is 0.171 e. The summed E-state index contributed by atoms with van der Waals surface area (Å²) in [7, 11) is 3.70. The molecule has 1 aromatic heterocycles. The fourth-order valence-electron chi connectivity index (χ4n) is 1.55. The van der Waals surface area contributed by atoms with Crippen LogP contribution in [0.25, 0.3) is 0 Å². The molecule has 4 heteroatoms. The molecule has 0 N–H and O–H groups in total. The van der Waals surface area contributed by atoms with Crippen molar-refractivity contribution in [1.82, 2.24) is 4.98 Å². The van der Waals surface area contributed by atoms with Gasteiger partial charge < -0.3 is 9.64 Å². The Morgan fingerprint density at radius 1 is 1.38 bits per heavy atom. The highest BCUT2D eigenvalue weighted by molar-refractivity contribution is 6.17. The number of halogens is 1. The lowest BCUT2D eigenvalue weighted by molar-refractivity contribution is 0.413. The summed E-state index contributed by atoms with van der Waals surface area (Å²) in [6.07, 6.45) is 5.15. The predicted octanol–water partition coefficient (Wildman–Crippen LogP) is 2.94. The van der Waals surface area contributed by atoms with Gasteiger partial charge >= 0.3 is 0 Å². The molecular formula is C12H19ClN2O. The molecular weight excluding hydrogens is 224 g/mol. The largest absolute Gasteiger partial charge is 0.493 e. The van der Waals surface area contributed by atoms with E-state index in [9.17, 15) is 0 Å². The molecule has 0 saturated carbocycles. The van der Waals surface area contributed by atoms with E-state index in [1.807, 2.05) is 19.2 Å². The monoisotopic (exact) mass is 242 g/mol. The molecule has 1 rings (SSSR count). The van der Waals surface area contributed by atoms with E-state index in [0.717, 1.165) is 43.3 Å². The van der Waals surface area contributed by atoms with E-state index in [1.54, 1.807) is 13.3 Å². The molecule has 0 radical (unpaired) electrons. The highest BCUT2D eigenvalue weighted by Gasteiger charge is 2.07. The Morgan fingerprint density at radius 3 is 2.88 bits per heavy atom. The van der Waals surface area contributed by atoms with Crippen LogP contribution in [-0.2, 0) is 0 Å². The molecule has 0 atom stereocenters. The normalized spacial score (nSPS) is 10.2. The minimum Gasteiger partial charge on any atom is -0.493 e. The first-order valence-electron chi connectivity index (χ1n) is 5.55. The predicted molar refractivity (Wildman–Crippen MR) is 68.6 cm³/mol. The number of pyridine rings is 1. The van der Waals surface area contributed by atoms with Crippen molar-refractivity contribution in [2.45, 2.75) is 19.3 Å². The van der Waals surface area contributed by atoms with Gasteiger partial charge in [-0.1, -0.05) is 6.42 Å². The fourth-order valence-corrected chi connectivity index (χ4v) is 1.74. The van der Waals surface area contributed by atoms with Gasteiger partial charge in [0.1, 0.15) is 0 Å². The zero-order valence-corrected chi connectivity index (χ0v) is 10.7. The summed E-state index contributed by atoms with van der Waals surface area (Å²) >= 11 is 5.64. The van der Waals surface area contributed by atoms with Crippen LogP contribution in [0.4, 0.5) is 5.82 Å². The Labute approximate surface area is 102 Å². The van der Waals surface area contributed by atoms with Crippen molar-refractivity contribution in [3.05, 3.63) is 18.3 Å². The number of ether oxygens (including phenoxy) is 1. The molecule has 90 valence electrons. The van der Waals surface area contributed by atoms with Gasteiger partial charge in [0, 0.05) is 25.7 Å². The number of anilines is 1. The number of alkyl halides is 1. The number of nitrogens with zero attached hydrogens (tertiary/aromatic N) is 2. The fraction of sp³-hybridized carbons (Fsp3) is 0.583.